The van der Waals surface area contributed by atoms with Gasteiger partial charge in [0, 0.05) is 45.9 Å². The van der Waals surface area contributed by atoms with Crippen molar-refractivity contribution >= 4 is 34.4 Å². The van der Waals surface area contributed by atoms with Gasteiger partial charge in [-0.05, 0) is 38.1 Å². The van der Waals surface area contributed by atoms with E-state index in [-0.39, 0.29) is 29.5 Å². The molecular formula is C18H21ClN2O4S. The highest BCUT2D eigenvalue weighted by Crippen LogP contribution is 2.33. The van der Waals surface area contributed by atoms with Crippen molar-refractivity contribution in [2.24, 2.45) is 0 Å². The minimum atomic E-state index is -0.501. The molecule has 26 heavy (non-hydrogen) atoms. The summed E-state index contributed by atoms with van der Waals surface area (Å²) in [7, 11) is 0. The van der Waals surface area contributed by atoms with Gasteiger partial charge in [0.2, 0.25) is 6.54 Å². The number of halogens is 1. The molecule has 0 bridgehead atoms. The van der Waals surface area contributed by atoms with E-state index in [1.54, 1.807) is 0 Å². The molecular weight excluding hydrogens is 376 g/mol. The number of nitrogens with zero attached hydrogens (tertiary/aromatic N) is 2. The van der Waals surface area contributed by atoms with Crippen LogP contribution in [-0.2, 0) is 0 Å². The molecule has 1 unspecified atom stereocenters. The van der Waals surface area contributed by atoms with Crippen molar-refractivity contribution in [1.82, 2.24) is 0 Å². The molecule has 140 valence electrons. The number of carbonyl (C=O) groups is 1. The summed E-state index contributed by atoms with van der Waals surface area (Å²) in [6, 6.07) is 6.14. The van der Waals surface area contributed by atoms with Crippen LogP contribution in [0.25, 0.3) is 0 Å². The second-order valence-electron chi connectivity index (χ2n) is 5.89. The Bertz CT molecular complexity index is 789. The summed E-state index contributed by atoms with van der Waals surface area (Å²) < 4.78 is 0. The van der Waals surface area contributed by atoms with E-state index in [2.05, 4.69) is 4.90 Å². The fourth-order valence-electron chi connectivity index (χ4n) is 2.77. The fraction of sp³-hybridized carbons (Fsp3) is 0.389. The normalized spacial score (nSPS) is 12.0. The topological polar surface area (TPSA) is 83.7 Å². The Morgan fingerprint density at radius 2 is 2.04 bits per heavy atom. The van der Waals surface area contributed by atoms with Crippen molar-refractivity contribution in [2.75, 3.05) is 24.5 Å². The molecule has 1 heterocycles. The molecule has 8 heteroatoms. The van der Waals surface area contributed by atoms with Crippen molar-refractivity contribution < 1.29 is 14.8 Å². The zero-order chi connectivity index (χ0) is 19.3. The van der Waals surface area contributed by atoms with Crippen LogP contribution in [0.2, 0.25) is 5.02 Å². The van der Waals surface area contributed by atoms with Gasteiger partial charge in [-0.15, -0.1) is 11.3 Å². The van der Waals surface area contributed by atoms with Crippen LogP contribution in [0.4, 0.5) is 5.69 Å². The lowest BCUT2D eigenvalue weighted by Gasteiger charge is -2.18. The van der Waals surface area contributed by atoms with Crippen molar-refractivity contribution in [3.05, 3.63) is 55.2 Å². The van der Waals surface area contributed by atoms with E-state index in [4.69, 9.17) is 11.6 Å². The van der Waals surface area contributed by atoms with Gasteiger partial charge in [-0.25, -0.2) is 0 Å². The van der Waals surface area contributed by atoms with Crippen LogP contribution in [0, 0.1) is 10.1 Å². The first-order valence-electron chi connectivity index (χ1n) is 8.32. The first-order valence-corrected chi connectivity index (χ1v) is 9.58. The Morgan fingerprint density at radius 3 is 2.62 bits per heavy atom. The first kappa shape index (κ1) is 20.2. The van der Waals surface area contributed by atoms with Crippen LogP contribution in [0.3, 0.4) is 0 Å². The lowest BCUT2D eigenvalue weighted by atomic mass is 9.96. The van der Waals surface area contributed by atoms with E-state index in [1.807, 2.05) is 25.3 Å². The lowest BCUT2D eigenvalue weighted by molar-refractivity contribution is -0.483. The van der Waals surface area contributed by atoms with Crippen LogP contribution in [-0.4, -0.2) is 35.4 Å². The predicted molar refractivity (Wildman–Crippen MR) is 105 cm³/mol. The highest BCUT2D eigenvalue weighted by Gasteiger charge is 2.24. The molecule has 0 aliphatic carbocycles. The van der Waals surface area contributed by atoms with Crippen LogP contribution in [0.1, 0.15) is 41.4 Å². The van der Waals surface area contributed by atoms with E-state index in [0.717, 1.165) is 23.7 Å². The minimum absolute atomic E-state index is 0.0142. The lowest BCUT2D eigenvalue weighted by Crippen LogP contribution is -2.21. The SMILES string of the molecule is CCN(CC)c1csc(C(CC(=O)c2ccc(O)c(Cl)c2)C[N+](=O)[O-])c1. The van der Waals surface area contributed by atoms with E-state index in [0.29, 0.717) is 5.56 Å². The number of rotatable bonds is 9. The number of ketones is 1. The van der Waals surface area contributed by atoms with Gasteiger partial charge in [0.25, 0.3) is 0 Å². The fourth-order valence-corrected chi connectivity index (χ4v) is 3.96. The molecule has 0 saturated carbocycles. The summed E-state index contributed by atoms with van der Waals surface area (Å²) in [5, 5.41) is 22.6. The average Bonchev–Trinajstić information content (AvgIpc) is 3.07. The van der Waals surface area contributed by atoms with Crippen LogP contribution in [0.5, 0.6) is 5.75 Å². The molecule has 0 aliphatic rings. The summed E-state index contributed by atoms with van der Waals surface area (Å²) in [5.41, 5.74) is 1.35. The monoisotopic (exact) mass is 396 g/mol. The largest absolute Gasteiger partial charge is 0.506 e. The Labute approximate surface area is 161 Å². The number of nitro groups is 1. The molecule has 1 N–H and O–H groups in total. The smallest absolute Gasteiger partial charge is 0.211 e. The summed E-state index contributed by atoms with van der Waals surface area (Å²) in [5.74, 6) is -0.844. The average molecular weight is 397 g/mol. The molecule has 0 radical (unpaired) electrons. The van der Waals surface area contributed by atoms with Crippen molar-refractivity contribution in [3.8, 4) is 5.75 Å². The third kappa shape index (κ3) is 4.95. The number of hydrogen-bond donors (Lipinski definition) is 1. The molecule has 0 fully saturated rings. The number of carbonyl (C=O) groups excluding carboxylic acids is 1. The van der Waals surface area contributed by atoms with Gasteiger partial charge < -0.3 is 10.0 Å². The van der Waals surface area contributed by atoms with Crippen molar-refractivity contribution in [3.63, 3.8) is 0 Å². The number of anilines is 1. The van der Waals surface area contributed by atoms with Crippen LogP contribution in [0.15, 0.2) is 29.6 Å². The predicted octanol–water partition coefficient (Wildman–Crippen LogP) is 4.59. The minimum Gasteiger partial charge on any atom is -0.506 e. The number of phenols is 1. The Hall–Kier alpha value is -2.12. The molecule has 2 rings (SSSR count). The maximum Gasteiger partial charge on any atom is 0.211 e. The molecule has 1 aromatic heterocycles. The Balaban J connectivity index is 2.23. The van der Waals surface area contributed by atoms with Gasteiger partial charge in [-0.3, -0.25) is 14.9 Å². The van der Waals surface area contributed by atoms with Crippen molar-refractivity contribution in [1.29, 1.82) is 0 Å². The van der Waals surface area contributed by atoms with Gasteiger partial charge in [0.15, 0.2) is 5.78 Å². The van der Waals surface area contributed by atoms with Gasteiger partial charge in [0.05, 0.1) is 10.9 Å². The second-order valence-corrected chi connectivity index (χ2v) is 7.24. The zero-order valence-corrected chi connectivity index (χ0v) is 16.2. The maximum atomic E-state index is 12.6. The van der Waals surface area contributed by atoms with Gasteiger partial charge >= 0.3 is 0 Å². The molecule has 0 saturated heterocycles. The third-order valence-corrected chi connectivity index (χ3v) is 5.59. The molecule has 0 spiro atoms. The van der Waals surface area contributed by atoms with Gasteiger partial charge in [0.1, 0.15) is 5.75 Å². The second kappa shape index (κ2) is 9.00. The van der Waals surface area contributed by atoms with Crippen LogP contribution >= 0.6 is 22.9 Å². The summed E-state index contributed by atoms with van der Waals surface area (Å²) in [4.78, 5) is 26.2. The van der Waals surface area contributed by atoms with E-state index in [9.17, 15) is 20.0 Å². The van der Waals surface area contributed by atoms with E-state index < -0.39 is 10.8 Å². The highest BCUT2D eigenvalue weighted by atomic mass is 35.5. The van der Waals surface area contributed by atoms with Gasteiger partial charge in [-0.1, -0.05) is 11.6 Å². The molecule has 0 amide bonds. The zero-order valence-electron chi connectivity index (χ0n) is 14.6. The number of Topliss-reactive ketones (excluding diaryl/α,β-unsaturated/α-hetero) is 1. The quantitative estimate of drug-likeness (QED) is 0.381. The molecule has 1 atom stereocenters. The van der Waals surface area contributed by atoms with Gasteiger partial charge in [-0.2, -0.15) is 0 Å². The Kier molecular flexibility index (Phi) is 6.99. The summed E-state index contributed by atoms with van der Waals surface area (Å²) >= 11 is 7.29. The first-order chi connectivity index (χ1) is 12.3. The molecule has 2 aromatic rings. The number of thiophene rings is 1. The van der Waals surface area contributed by atoms with Crippen molar-refractivity contribution in [2.45, 2.75) is 26.2 Å². The summed E-state index contributed by atoms with van der Waals surface area (Å²) in [6.45, 7) is 5.48. The molecule has 0 aliphatic heterocycles. The highest BCUT2D eigenvalue weighted by molar-refractivity contribution is 7.10. The number of benzene rings is 1. The van der Waals surface area contributed by atoms with Crippen LogP contribution < -0.4 is 4.90 Å². The number of hydrogen-bond acceptors (Lipinski definition) is 6. The summed E-state index contributed by atoms with van der Waals surface area (Å²) in [6.07, 6.45) is 0.0142. The standard InChI is InChI=1S/C18H21ClN2O4S/c1-3-20(4-2)14-9-18(26-11-14)13(10-21(24)25)8-17(23)12-5-6-16(22)15(19)7-12/h5-7,9,11,13,22H,3-4,8,10H2,1-2H3. The number of phenolic OH excluding ortho intramolecular Hbond substituents is 1. The maximum absolute atomic E-state index is 12.6. The third-order valence-electron chi connectivity index (χ3n) is 4.21. The van der Waals surface area contributed by atoms with E-state index in [1.165, 1.54) is 29.5 Å². The van der Waals surface area contributed by atoms with E-state index >= 15 is 0 Å². The number of aromatic hydroxyl groups is 1. The molecule has 6 nitrogen and oxygen atoms in total. The molecule has 1 aromatic carbocycles. The Morgan fingerprint density at radius 1 is 1.35 bits per heavy atom.